The highest BCUT2D eigenvalue weighted by atomic mass is 16.7. The summed E-state index contributed by atoms with van der Waals surface area (Å²) in [5.74, 6) is 3.11. The minimum Gasteiger partial charge on any atom is -0.349 e. The molecule has 1 unspecified atom stereocenters. The highest BCUT2D eigenvalue weighted by molar-refractivity contribution is 5.85. The van der Waals surface area contributed by atoms with Crippen molar-refractivity contribution in [3.05, 3.63) is 0 Å². The normalized spacial score (nSPS) is 59.0. The van der Waals surface area contributed by atoms with E-state index >= 15 is 0 Å². The van der Waals surface area contributed by atoms with Crippen LogP contribution in [0.3, 0.4) is 0 Å². The largest absolute Gasteiger partial charge is 0.349 e. The number of carbonyl (C=O) groups excluding carboxylic acids is 1. The molecular weight excluding hydrogens is 422 g/mol. The molecule has 5 saturated heterocycles. The molecule has 7 aliphatic rings. The number of piperidine rings is 2. The Hall–Kier alpha value is -0.450. The van der Waals surface area contributed by atoms with Crippen LogP contribution in [0.15, 0.2) is 0 Å². The van der Waals surface area contributed by atoms with Gasteiger partial charge in [-0.2, -0.15) is 0 Å². The molecule has 4 heteroatoms. The number of nitrogens with zero attached hydrogens (tertiary/aromatic N) is 1. The topological polar surface area (TPSA) is 38.8 Å². The zero-order chi connectivity index (χ0) is 23.7. The molecule has 0 aromatic rings. The molecule has 1 spiro atoms. The summed E-state index contributed by atoms with van der Waals surface area (Å²) >= 11 is 0. The first-order valence-electron chi connectivity index (χ1n) is 14.7. The van der Waals surface area contributed by atoms with Crippen molar-refractivity contribution in [2.24, 2.45) is 39.9 Å². The molecule has 0 aromatic carbocycles. The van der Waals surface area contributed by atoms with Crippen molar-refractivity contribution in [3.63, 3.8) is 0 Å². The van der Waals surface area contributed by atoms with Crippen molar-refractivity contribution >= 4 is 5.78 Å². The van der Waals surface area contributed by atoms with Crippen molar-refractivity contribution in [2.75, 3.05) is 13.2 Å². The molecule has 190 valence electrons. The van der Waals surface area contributed by atoms with Gasteiger partial charge in [-0.25, -0.2) is 0 Å². The Kier molecular flexibility index (Phi) is 4.61. The molecule has 7 fully saturated rings. The molecule has 2 saturated carbocycles. The third-order valence-electron chi connectivity index (χ3n) is 13.4. The number of hydrogen-bond acceptors (Lipinski definition) is 4. The van der Waals surface area contributed by atoms with Crippen LogP contribution in [-0.4, -0.2) is 47.3 Å². The van der Waals surface area contributed by atoms with Crippen molar-refractivity contribution in [1.82, 2.24) is 4.90 Å². The SMILES string of the molecule is CC(C)[C@H]1CC[C@@]2(C)[C@H]3CC[C@]45CCC[C@H]4[C@@]2(CCC(=O)[C@@]2(C)CO[C@@]4(C)CC[C@H]2O4)[C@H]1N5C3. The lowest BCUT2D eigenvalue weighted by atomic mass is 9.42. The molecule has 5 heterocycles. The van der Waals surface area contributed by atoms with Gasteiger partial charge in [0.1, 0.15) is 5.78 Å². The average Bonchev–Trinajstić information content (AvgIpc) is 3.41. The van der Waals surface area contributed by atoms with Gasteiger partial charge in [0.2, 0.25) is 0 Å². The maximum atomic E-state index is 14.1. The summed E-state index contributed by atoms with van der Waals surface area (Å²) in [5, 5.41) is 0. The minimum atomic E-state index is -0.473. The molecule has 0 N–H and O–H groups in total. The summed E-state index contributed by atoms with van der Waals surface area (Å²) in [6.45, 7) is 13.7. The lowest BCUT2D eigenvalue weighted by molar-refractivity contribution is -0.282. The Morgan fingerprint density at radius 1 is 1.03 bits per heavy atom. The average molecular weight is 470 g/mol. The Balaban J connectivity index is 1.26. The van der Waals surface area contributed by atoms with Crippen molar-refractivity contribution in [2.45, 2.75) is 129 Å². The molecule has 7 bridgehead atoms. The lowest BCUT2D eigenvalue weighted by Gasteiger charge is -2.67. The smallest absolute Gasteiger partial charge is 0.166 e. The number of ketones is 1. The fourth-order valence-electron chi connectivity index (χ4n) is 11.6. The molecule has 5 aliphatic heterocycles. The maximum absolute atomic E-state index is 14.1. The number of fused-ring (bicyclic) bond motifs is 4. The summed E-state index contributed by atoms with van der Waals surface area (Å²) in [4.78, 5) is 17.2. The van der Waals surface area contributed by atoms with Crippen molar-refractivity contribution in [1.29, 1.82) is 0 Å². The van der Waals surface area contributed by atoms with E-state index in [1.165, 1.54) is 51.5 Å². The van der Waals surface area contributed by atoms with Gasteiger partial charge in [-0.15, -0.1) is 0 Å². The molecule has 2 aliphatic carbocycles. The van der Waals surface area contributed by atoms with E-state index in [9.17, 15) is 4.79 Å². The van der Waals surface area contributed by atoms with Crippen LogP contribution >= 0.6 is 0 Å². The molecule has 7 rings (SSSR count). The van der Waals surface area contributed by atoms with Crippen LogP contribution in [0.2, 0.25) is 0 Å². The van der Waals surface area contributed by atoms with Gasteiger partial charge in [0.15, 0.2) is 5.79 Å². The first-order chi connectivity index (χ1) is 16.1. The monoisotopic (exact) mass is 469 g/mol. The van der Waals surface area contributed by atoms with Gasteiger partial charge in [0.05, 0.1) is 18.1 Å². The fraction of sp³-hybridized carbons (Fsp3) is 0.967. The van der Waals surface area contributed by atoms with E-state index in [1.54, 1.807) is 0 Å². The van der Waals surface area contributed by atoms with Crippen molar-refractivity contribution in [3.8, 4) is 0 Å². The number of ether oxygens (including phenoxy) is 2. The number of carbonyl (C=O) groups is 1. The predicted molar refractivity (Wildman–Crippen MR) is 132 cm³/mol. The third-order valence-corrected chi connectivity index (χ3v) is 13.4. The second-order valence-electron chi connectivity index (χ2n) is 14.7. The maximum Gasteiger partial charge on any atom is 0.166 e. The van der Waals surface area contributed by atoms with E-state index in [0.717, 1.165) is 49.4 Å². The summed E-state index contributed by atoms with van der Waals surface area (Å²) < 4.78 is 12.4. The standard InChI is InChI=1S/C30H47NO3/c1-19(2)21-9-13-27(4)20-8-15-29-12-6-7-22(29)30(27,25(21)31(29)17-20)16-10-23(32)26(3)18-33-28(5)14-11-24(26)34-28/h19-22,24-25H,6-18H2,1-5H3/t20-,21+,22+,24+,25-,26+,27-,28+,29+,30-/m0/s1. The molecule has 4 nitrogen and oxygen atoms in total. The van der Waals surface area contributed by atoms with Crippen LogP contribution in [0, 0.1) is 39.9 Å². The highest BCUT2D eigenvalue weighted by Gasteiger charge is 2.79. The van der Waals surface area contributed by atoms with E-state index in [-0.39, 0.29) is 6.10 Å². The van der Waals surface area contributed by atoms with E-state index in [0.29, 0.717) is 34.8 Å². The summed E-state index contributed by atoms with van der Waals surface area (Å²) in [5.41, 5.74) is 0.704. The predicted octanol–water partition coefficient (Wildman–Crippen LogP) is 5.97. The molecule has 0 radical (unpaired) electrons. The molecular formula is C30H47NO3. The van der Waals surface area contributed by atoms with Crippen LogP contribution in [0.5, 0.6) is 0 Å². The minimum absolute atomic E-state index is 0.0372. The summed E-state index contributed by atoms with van der Waals surface area (Å²) in [7, 11) is 0. The van der Waals surface area contributed by atoms with E-state index in [1.807, 2.05) is 0 Å². The van der Waals surface area contributed by atoms with Crippen LogP contribution in [0.1, 0.15) is 105 Å². The highest BCUT2D eigenvalue weighted by Crippen LogP contribution is 2.79. The Labute approximate surface area is 206 Å². The second-order valence-corrected chi connectivity index (χ2v) is 14.7. The molecule has 11 atom stereocenters. The Bertz CT molecular complexity index is 903. The van der Waals surface area contributed by atoms with Gasteiger partial charge < -0.3 is 9.47 Å². The van der Waals surface area contributed by atoms with Crippen LogP contribution in [-0.2, 0) is 14.3 Å². The quantitative estimate of drug-likeness (QED) is 0.497. The number of Topliss-reactive ketones (excluding diaryl/α,β-unsaturated/α-hetero) is 1. The number of hydrogen-bond donors (Lipinski definition) is 0. The van der Waals surface area contributed by atoms with E-state index in [4.69, 9.17) is 9.47 Å². The zero-order valence-electron chi connectivity index (χ0n) is 22.3. The van der Waals surface area contributed by atoms with Gasteiger partial charge in [-0.05, 0) is 99.7 Å². The van der Waals surface area contributed by atoms with Gasteiger partial charge in [0.25, 0.3) is 0 Å². The molecule has 34 heavy (non-hydrogen) atoms. The summed E-state index contributed by atoms with van der Waals surface area (Å²) in [6.07, 6.45) is 13.6. The Morgan fingerprint density at radius 2 is 1.85 bits per heavy atom. The fourth-order valence-corrected chi connectivity index (χ4v) is 11.6. The summed E-state index contributed by atoms with van der Waals surface area (Å²) in [6, 6.07) is 0.697. The van der Waals surface area contributed by atoms with Gasteiger partial charge >= 0.3 is 0 Å². The van der Waals surface area contributed by atoms with Crippen LogP contribution in [0.25, 0.3) is 0 Å². The third kappa shape index (κ3) is 2.45. The first kappa shape index (κ1) is 22.7. The Morgan fingerprint density at radius 3 is 2.65 bits per heavy atom. The van der Waals surface area contributed by atoms with Crippen molar-refractivity contribution < 1.29 is 14.3 Å². The van der Waals surface area contributed by atoms with Crippen LogP contribution < -0.4 is 0 Å². The van der Waals surface area contributed by atoms with E-state index < -0.39 is 11.2 Å². The first-order valence-corrected chi connectivity index (χ1v) is 14.7. The molecule has 0 amide bonds. The molecule has 0 aromatic heterocycles. The zero-order valence-corrected chi connectivity index (χ0v) is 22.3. The number of rotatable bonds is 5. The van der Waals surface area contributed by atoms with Gasteiger partial charge in [-0.1, -0.05) is 27.2 Å². The van der Waals surface area contributed by atoms with Crippen LogP contribution in [0.4, 0.5) is 0 Å². The second kappa shape index (κ2) is 6.90. The van der Waals surface area contributed by atoms with Gasteiger partial charge in [-0.3, -0.25) is 9.69 Å². The van der Waals surface area contributed by atoms with E-state index in [2.05, 4.69) is 39.5 Å². The van der Waals surface area contributed by atoms with Gasteiger partial charge in [0, 0.05) is 31.0 Å². The lowest BCUT2D eigenvalue weighted by Crippen LogP contribution is -2.68.